The number of aromatic nitrogens is 2. The summed E-state index contributed by atoms with van der Waals surface area (Å²) in [5.41, 5.74) is 2.17. The number of hydrogen-bond donors (Lipinski definition) is 0. The third-order valence-corrected chi connectivity index (χ3v) is 5.05. The van der Waals surface area contributed by atoms with E-state index in [1.807, 2.05) is 25.7 Å². The van der Waals surface area contributed by atoms with E-state index in [-0.39, 0.29) is 17.9 Å². The molecule has 23 heavy (non-hydrogen) atoms. The number of nitrogens with zero attached hydrogens (tertiary/aromatic N) is 4. The minimum Gasteiger partial charge on any atom is -0.336 e. The maximum atomic E-state index is 13.1. The molecule has 2 atom stereocenters. The smallest absolute Gasteiger partial charge is 0.258 e. The fourth-order valence-corrected chi connectivity index (χ4v) is 3.78. The number of piperazine rings is 1. The highest BCUT2D eigenvalue weighted by Crippen LogP contribution is 2.28. The standard InChI is InChI=1S/C17H24N4O2/c1-5-8-21-12(3)15(11(2)18-21)17(23)20-10-14-7-6-9-19(14)16(22)13(20)4/h5,13-14H,1,6-10H2,2-4H3/t13-,14+/m1/s1. The molecule has 2 aliphatic heterocycles. The Labute approximate surface area is 136 Å². The first-order valence-electron chi connectivity index (χ1n) is 8.22. The summed E-state index contributed by atoms with van der Waals surface area (Å²) >= 11 is 0. The molecule has 2 aliphatic rings. The molecule has 3 heterocycles. The van der Waals surface area contributed by atoms with E-state index in [0.29, 0.717) is 24.3 Å². The molecule has 0 N–H and O–H groups in total. The van der Waals surface area contributed by atoms with Crippen molar-refractivity contribution in [1.29, 1.82) is 0 Å². The van der Waals surface area contributed by atoms with Crippen LogP contribution in [0.2, 0.25) is 0 Å². The lowest BCUT2D eigenvalue weighted by atomic mass is 10.0. The maximum absolute atomic E-state index is 13.1. The van der Waals surface area contributed by atoms with Crippen molar-refractivity contribution in [2.45, 2.75) is 52.2 Å². The number of allylic oxidation sites excluding steroid dienone is 1. The van der Waals surface area contributed by atoms with E-state index in [9.17, 15) is 9.59 Å². The van der Waals surface area contributed by atoms with Gasteiger partial charge in [0.15, 0.2) is 0 Å². The summed E-state index contributed by atoms with van der Waals surface area (Å²) in [6.07, 6.45) is 3.77. The zero-order chi connectivity index (χ0) is 16.7. The molecule has 2 saturated heterocycles. The van der Waals surface area contributed by atoms with Gasteiger partial charge in [0.25, 0.3) is 5.91 Å². The van der Waals surface area contributed by atoms with E-state index in [1.165, 1.54) is 0 Å². The largest absolute Gasteiger partial charge is 0.336 e. The maximum Gasteiger partial charge on any atom is 0.258 e. The minimum atomic E-state index is -0.404. The average molecular weight is 316 g/mol. The molecule has 1 aromatic rings. The van der Waals surface area contributed by atoms with E-state index in [4.69, 9.17) is 0 Å². The molecule has 124 valence electrons. The summed E-state index contributed by atoms with van der Waals surface area (Å²) in [6, 6.07) is -0.232. The summed E-state index contributed by atoms with van der Waals surface area (Å²) in [5, 5.41) is 4.43. The predicted molar refractivity (Wildman–Crippen MR) is 87.1 cm³/mol. The van der Waals surface area contributed by atoms with Gasteiger partial charge in [0.2, 0.25) is 5.91 Å². The second kappa shape index (κ2) is 5.83. The van der Waals surface area contributed by atoms with Crippen LogP contribution >= 0.6 is 0 Å². The summed E-state index contributed by atoms with van der Waals surface area (Å²) < 4.78 is 1.79. The Morgan fingerprint density at radius 2 is 2.17 bits per heavy atom. The summed E-state index contributed by atoms with van der Waals surface area (Å²) in [7, 11) is 0. The van der Waals surface area contributed by atoms with Crippen molar-refractivity contribution >= 4 is 11.8 Å². The van der Waals surface area contributed by atoms with Gasteiger partial charge in [-0.05, 0) is 33.6 Å². The van der Waals surface area contributed by atoms with Crippen molar-refractivity contribution in [2.24, 2.45) is 0 Å². The first-order valence-corrected chi connectivity index (χ1v) is 8.22. The van der Waals surface area contributed by atoms with Crippen molar-refractivity contribution < 1.29 is 9.59 Å². The van der Waals surface area contributed by atoms with Gasteiger partial charge >= 0.3 is 0 Å². The predicted octanol–water partition coefficient (Wildman–Crippen LogP) is 1.52. The first-order chi connectivity index (χ1) is 11.0. The third kappa shape index (κ3) is 2.46. The Balaban J connectivity index is 1.91. The van der Waals surface area contributed by atoms with Gasteiger partial charge < -0.3 is 9.80 Å². The molecular weight excluding hydrogens is 292 g/mol. The van der Waals surface area contributed by atoms with Crippen LogP contribution in [0.5, 0.6) is 0 Å². The number of hydrogen-bond acceptors (Lipinski definition) is 3. The number of rotatable bonds is 3. The monoisotopic (exact) mass is 316 g/mol. The molecule has 6 nitrogen and oxygen atoms in total. The second-order valence-corrected chi connectivity index (χ2v) is 6.48. The molecular formula is C17H24N4O2. The lowest BCUT2D eigenvalue weighted by molar-refractivity contribution is -0.141. The van der Waals surface area contributed by atoms with Gasteiger partial charge in [0.1, 0.15) is 6.04 Å². The molecule has 0 aromatic carbocycles. The normalized spacial score (nSPS) is 24.0. The van der Waals surface area contributed by atoms with Gasteiger partial charge in [0, 0.05) is 24.8 Å². The van der Waals surface area contributed by atoms with Crippen LogP contribution in [-0.4, -0.2) is 56.6 Å². The SMILES string of the molecule is C=CCn1nc(C)c(C(=O)N2C[C@@H]3CCCN3C(=O)[C@H]2C)c1C. The average Bonchev–Trinajstić information content (AvgIpc) is 3.08. The van der Waals surface area contributed by atoms with Crippen LogP contribution in [0.15, 0.2) is 12.7 Å². The van der Waals surface area contributed by atoms with Crippen molar-refractivity contribution in [1.82, 2.24) is 19.6 Å². The van der Waals surface area contributed by atoms with Crippen molar-refractivity contribution in [3.05, 3.63) is 29.6 Å². The van der Waals surface area contributed by atoms with Gasteiger partial charge in [-0.25, -0.2) is 0 Å². The number of aryl methyl sites for hydroxylation is 1. The van der Waals surface area contributed by atoms with Gasteiger partial charge in [0.05, 0.1) is 17.8 Å². The Hall–Kier alpha value is -2.11. The molecule has 0 radical (unpaired) electrons. The highest BCUT2D eigenvalue weighted by molar-refractivity contribution is 6.00. The van der Waals surface area contributed by atoms with Crippen LogP contribution in [0.3, 0.4) is 0 Å². The zero-order valence-electron chi connectivity index (χ0n) is 14.1. The van der Waals surface area contributed by atoms with Crippen molar-refractivity contribution in [3.63, 3.8) is 0 Å². The molecule has 0 aliphatic carbocycles. The molecule has 2 fully saturated rings. The summed E-state index contributed by atoms with van der Waals surface area (Å²) in [5.74, 6) is -0.0106. The quantitative estimate of drug-likeness (QED) is 0.795. The van der Waals surface area contributed by atoms with Gasteiger partial charge in [-0.2, -0.15) is 5.10 Å². The number of carbonyl (C=O) groups is 2. The van der Waals surface area contributed by atoms with E-state index in [2.05, 4.69) is 11.7 Å². The van der Waals surface area contributed by atoms with Crippen molar-refractivity contribution in [2.75, 3.05) is 13.1 Å². The molecule has 6 heteroatoms. The number of fused-ring (bicyclic) bond motifs is 1. The van der Waals surface area contributed by atoms with E-state index in [1.54, 1.807) is 15.7 Å². The first kappa shape index (κ1) is 15.8. The highest BCUT2D eigenvalue weighted by Gasteiger charge is 2.43. The molecule has 2 amide bonds. The Morgan fingerprint density at radius 3 is 2.87 bits per heavy atom. The lowest BCUT2D eigenvalue weighted by Crippen LogP contribution is -2.60. The Bertz CT molecular complexity index is 664. The number of amides is 2. The van der Waals surface area contributed by atoms with Crippen LogP contribution in [0.1, 0.15) is 41.5 Å². The fraction of sp³-hybridized carbons (Fsp3) is 0.588. The number of carbonyl (C=O) groups excluding carboxylic acids is 2. The Kier molecular flexibility index (Phi) is 4.00. The van der Waals surface area contributed by atoms with Crippen LogP contribution in [0, 0.1) is 13.8 Å². The van der Waals surface area contributed by atoms with Crippen LogP contribution in [0.25, 0.3) is 0 Å². The summed E-state index contributed by atoms with van der Waals surface area (Å²) in [6.45, 7) is 11.3. The van der Waals surface area contributed by atoms with E-state index in [0.717, 1.165) is 25.1 Å². The zero-order valence-corrected chi connectivity index (χ0v) is 14.1. The van der Waals surface area contributed by atoms with Gasteiger partial charge in [-0.3, -0.25) is 14.3 Å². The molecule has 1 aromatic heterocycles. The minimum absolute atomic E-state index is 0.0703. The molecule has 0 bridgehead atoms. The molecule has 0 spiro atoms. The lowest BCUT2D eigenvalue weighted by Gasteiger charge is -2.41. The van der Waals surface area contributed by atoms with Crippen LogP contribution < -0.4 is 0 Å². The molecule has 3 rings (SSSR count). The fourth-order valence-electron chi connectivity index (χ4n) is 3.78. The van der Waals surface area contributed by atoms with Crippen LogP contribution in [0.4, 0.5) is 0 Å². The van der Waals surface area contributed by atoms with E-state index >= 15 is 0 Å². The van der Waals surface area contributed by atoms with Gasteiger partial charge in [-0.15, -0.1) is 6.58 Å². The van der Waals surface area contributed by atoms with Crippen LogP contribution in [-0.2, 0) is 11.3 Å². The van der Waals surface area contributed by atoms with Crippen molar-refractivity contribution in [3.8, 4) is 0 Å². The highest BCUT2D eigenvalue weighted by atomic mass is 16.2. The van der Waals surface area contributed by atoms with E-state index < -0.39 is 6.04 Å². The second-order valence-electron chi connectivity index (χ2n) is 6.48. The topological polar surface area (TPSA) is 58.4 Å². The molecule has 0 saturated carbocycles. The molecule has 0 unspecified atom stereocenters. The summed E-state index contributed by atoms with van der Waals surface area (Å²) in [4.78, 5) is 29.3. The van der Waals surface area contributed by atoms with Gasteiger partial charge in [-0.1, -0.05) is 6.08 Å². The third-order valence-electron chi connectivity index (χ3n) is 5.05. The Morgan fingerprint density at radius 1 is 1.43 bits per heavy atom.